The van der Waals surface area contributed by atoms with Crippen molar-refractivity contribution in [3.8, 4) is 11.5 Å². The van der Waals surface area contributed by atoms with E-state index >= 15 is 0 Å². The monoisotopic (exact) mass is 365 g/mol. The van der Waals surface area contributed by atoms with E-state index in [1.807, 2.05) is 0 Å². The van der Waals surface area contributed by atoms with E-state index in [9.17, 15) is 18.3 Å². The van der Waals surface area contributed by atoms with Crippen molar-refractivity contribution < 1.29 is 27.8 Å². The van der Waals surface area contributed by atoms with Gasteiger partial charge in [0.1, 0.15) is 22.9 Å². The molecule has 0 heterocycles. The molecular formula is C17H19NO6S. The zero-order valence-electron chi connectivity index (χ0n) is 14.1. The smallest absolute Gasteiger partial charge is 0.324 e. The summed E-state index contributed by atoms with van der Waals surface area (Å²) in [6.45, 7) is 1.01. The van der Waals surface area contributed by atoms with Crippen molar-refractivity contribution >= 4 is 21.7 Å². The molecule has 0 saturated heterocycles. The van der Waals surface area contributed by atoms with Crippen molar-refractivity contribution in [1.82, 2.24) is 0 Å². The average Bonchev–Trinajstić information content (AvgIpc) is 2.59. The first kappa shape index (κ1) is 18.6. The molecule has 0 unspecified atom stereocenters. The fourth-order valence-electron chi connectivity index (χ4n) is 2.31. The number of rotatable bonds is 7. The summed E-state index contributed by atoms with van der Waals surface area (Å²) >= 11 is 0. The van der Waals surface area contributed by atoms with Gasteiger partial charge in [-0.3, -0.25) is 9.10 Å². The molecule has 0 amide bonds. The summed E-state index contributed by atoms with van der Waals surface area (Å²) in [5, 5.41) is 9.19. The van der Waals surface area contributed by atoms with Crippen LogP contribution in [0.4, 0.5) is 5.69 Å². The molecule has 0 aliphatic rings. The molecule has 2 aromatic carbocycles. The second-order valence-electron chi connectivity index (χ2n) is 5.26. The van der Waals surface area contributed by atoms with Crippen molar-refractivity contribution in [2.75, 3.05) is 25.1 Å². The Morgan fingerprint density at radius 1 is 1.12 bits per heavy atom. The minimum atomic E-state index is -4.17. The highest BCUT2D eigenvalue weighted by molar-refractivity contribution is 7.93. The maximum atomic E-state index is 13.1. The van der Waals surface area contributed by atoms with Gasteiger partial charge in [0.2, 0.25) is 0 Å². The molecular weight excluding hydrogens is 346 g/mol. The van der Waals surface area contributed by atoms with Gasteiger partial charge in [-0.2, -0.15) is 0 Å². The molecule has 0 aromatic heterocycles. The highest BCUT2D eigenvalue weighted by atomic mass is 32.2. The molecule has 0 radical (unpaired) electrons. The Balaban J connectivity index is 2.64. The molecule has 134 valence electrons. The molecule has 0 saturated carbocycles. The number of hydrogen-bond donors (Lipinski definition) is 1. The molecule has 0 aliphatic heterocycles. The van der Waals surface area contributed by atoms with E-state index in [1.54, 1.807) is 25.1 Å². The Morgan fingerprint density at radius 2 is 1.84 bits per heavy atom. The predicted molar refractivity (Wildman–Crippen MR) is 92.9 cm³/mol. The normalized spacial score (nSPS) is 11.0. The Bertz CT molecular complexity index is 878. The van der Waals surface area contributed by atoms with Crippen molar-refractivity contribution in [3.05, 3.63) is 48.0 Å². The number of carboxylic acid groups (broad SMARTS) is 1. The summed E-state index contributed by atoms with van der Waals surface area (Å²) in [5.74, 6) is -0.721. The largest absolute Gasteiger partial charge is 0.497 e. The van der Waals surface area contributed by atoms with Crippen LogP contribution >= 0.6 is 0 Å². The lowest BCUT2D eigenvalue weighted by Gasteiger charge is -2.24. The number of hydrogen-bond acceptors (Lipinski definition) is 5. The number of carboxylic acids is 1. The quantitative estimate of drug-likeness (QED) is 0.809. The van der Waals surface area contributed by atoms with Gasteiger partial charge in [-0.15, -0.1) is 0 Å². The summed E-state index contributed by atoms with van der Waals surface area (Å²) in [7, 11) is -1.37. The molecule has 8 heteroatoms. The summed E-state index contributed by atoms with van der Waals surface area (Å²) in [6.07, 6.45) is 0. The van der Waals surface area contributed by atoms with Crippen LogP contribution in [0.1, 0.15) is 5.56 Å². The standard InChI is InChI=1S/C17H19NO6S/c1-12-7-8-15(24-3)16(9-12)25(21,22)18(11-17(19)20)13-5-4-6-14(10-13)23-2/h4-10H,11H2,1-3H3,(H,19,20). The summed E-state index contributed by atoms with van der Waals surface area (Å²) < 4.78 is 37.3. The number of nitrogens with zero attached hydrogens (tertiary/aromatic N) is 1. The topological polar surface area (TPSA) is 93.1 Å². The highest BCUT2D eigenvalue weighted by Gasteiger charge is 2.30. The minimum absolute atomic E-state index is 0.0981. The van der Waals surface area contributed by atoms with Gasteiger partial charge in [0.15, 0.2) is 0 Å². The maximum Gasteiger partial charge on any atom is 0.324 e. The van der Waals surface area contributed by atoms with Crippen LogP contribution in [0.3, 0.4) is 0 Å². The van der Waals surface area contributed by atoms with Crippen LogP contribution in [-0.4, -0.2) is 40.3 Å². The lowest BCUT2D eigenvalue weighted by atomic mass is 10.2. The van der Waals surface area contributed by atoms with E-state index in [1.165, 1.54) is 38.5 Å². The van der Waals surface area contributed by atoms with Gasteiger partial charge in [0.25, 0.3) is 10.0 Å². The molecule has 0 bridgehead atoms. The van der Waals surface area contributed by atoms with Crippen LogP contribution in [0, 0.1) is 6.92 Å². The zero-order valence-corrected chi connectivity index (χ0v) is 14.9. The first-order valence-electron chi connectivity index (χ1n) is 7.33. The second kappa shape index (κ2) is 7.43. The first-order chi connectivity index (χ1) is 11.8. The van der Waals surface area contributed by atoms with Gasteiger partial charge in [-0.05, 0) is 36.8 Å². The van der Waals surface area contributed by atoms with Crippen molar-refractivity contribution in [2.45, 2.75) is 11.8 Å². The molecule has 0 spiro atoms. The third kappa shape index (κ3) is 4.03. The van der Waals surface area contributed by atoms with Gasteiger partial charge in [-0.1, -0.05) is 12.1 Å². The zero-order chi connectivity index (χ0) is 18.6. The Morgan fingerprint density at radius 3 is 2.44 bits per heavy atom. The second-order valence-corrected chi connectivity index (χ2v) is 7.09. The number of ether oxygens (including phenoxy) is 2. The average molecular weight is 365 g/mol. The fourth-order valence-corrected chi connectivity index (χ4v) is 3.96. The third-order valence-electron chi connectivity index (χ3n) is 3.51. The number of aliphatic carboxylic acids is 1. The van der Waals surface area contributed by atoms with Crippen molar-refractivity contribution in [3.63, 3.8) is 0 Å². The van der Waals surface area contributed by atoms with Crippen molar-refractivity contribution in [1.29, 1.82) is 0 Å². The number of aryl methyl sites for hydroxylation is 1. The van der Waals surface area contributed by atoms with Crippen LogP contribution < -0.4 is 13.8 Å². The van der Waals surface area contributed by atoms with E-state index in [0.29, 0.717) is 11.3 Å². The molecule has 7 nitrogen and oxygen atoms in total. The number of carbonyl (C=O) groups is 1. The lowest BCUT2D eigenvalue weighted by molar-refractivity contribution is -0.135. The number of anilines is 1. The molecule has 2 rings (SSSR count). The van der Waals surface area contributed by atoms with Crippen LogP contribution in [0.5, 0.6) is 11.5 Å². The molecule has 0 aliphatic carbocycles. The van der Waals surface area contributed by atoms with E-state index in [2.05, 4.69) is 0 Å². The van der Waals surface area contributed by atoms with E-state index < -0.39 is 22.5 Å². The molecule has 0 atom stereocenters. The van der Waals surface area contributed by atoms with Crippen LogP contribution in [0.25, 0.3) is 0 Å². The highest BCUT2D eigenvalue weighted by Crippen LogP contribution is 2.32. The van der Waals surface area contributed by atoms with Gasteiger partial charge in [0, 0.05) is 6.07 Å². The van der Waals surface area contributed by atoms with Gasteiger partial charge in [0.05, 0.1) is 19.9 Å². The Hall–Kier alpha value is -2.74. The van der Waals surface area contributed by atoms with Crippen molar-refractivity contribution in [2.24, 2.45) is 0 Å². The number of benzene rings is 2. The molecule has 1 N–H and O–H groups in total. The maximum absolute atomic E-state index is 13.1. The van der Waals surface area contributed by atoms with E-state index in [4.69, 9.17) is 9.47 Å². The third-order valence-corrected chi connectivity index (χ3v) is 5.30. The summed E-state index contributed by atoms with van der Waals surface area (Å²) in [4.78, 5) is 11.2. The Kier molecular flexibility index (Phi) is 5.53. The Labute approximate surface area is 146 Å². The van der Waals surface area contributed by atoms with Gasteiger partial charge >= 0.3 is 5.97 Å². The number of methoxy groups -OCH3 is 2. The molecule has 0 fully saturated rings. The first-order valence-corrected chi connectivity index (χ1v) is 8.77. The van der Waals surface area contributed by atoms with Crippen LogP contribution in [-0.2, 0) is 14.8 Å². The molecule has 25 heavy (non-hydrogen) atoms. The number of sulfonamides is 1. The van der Waals surface area contributed by atoms with Crippen LogP contribution in [0.2, 0.25) is 0 Å². The van der Waals surface area contributed by atoms with E-state index in [0.717, 1.165) is 4.31 Å². The van der Waals surface area contributed by atoms with Gasteiger partial charge < -0.3 is 14.6 Å². The van der Waals surface area contributed by atoms with Gasteiger partial charge in [-0.25, -0.2) is 8.42 Å². The van der Waals surface area contributed by atoms with Crippen LogP contribution in [0.15, 0.2) is 47.4 Å². The minimum Gasteiger partial charge on any atom is -0.497 e. The van der Waals surface area contributed by atoms with E-state index in [-0.39, 0.29) is 16.3 Å². The predicted octanol–water partition coefficient (Wildman–Crippen LogP) is 2.29. The fraction of sp³-hybridized carbons (Fsp3) is 0.235. The lowest BCUT2D eigenvalue weighted by Crippen LogP contribution is -2.36. The summed E-state index contributed by atoms with van der Waals surface area (Å²) in [6, 6.07) is 10.9. The molecule has 2 aromatic rings. The summed E-state index contributed by atoms with van der Waals surface area (Å²) in [5.41, 5.74) is 0.894. The SMILES string of the molecule is COc1cccc(N(CC(=O)O)S(=O)(=O)c2cc(C)ccc2OC)c1.